The van der Waals surface area contributed by atoms with Crippen LogP contribution in [0.1, 0.15) is 23.3 Å². The van der Waals surface area contributed by atoms with E-state index in [1.165, 1.54) is 6.04 Å². The predicted molar refractivity (Wildman–Crippen MR) is 93.2 cm³/mol. The average Bonchev–Trinajstić information content (AvgIpc) is 2.87. The van der Waals surface area contributed by atoms with Gasteiger partial charge in [0.25, 0.3) is 5.91 Å². The number of aromatic amines is 1. The smallest absolute Gasteiger partial charge is 0.268 e. The average molecular weight is 327 g/mol. The number of methoxy groups -OCH3 is 1. The number of H-pyrrole nitrogens is 1. The van der Waals surface area contributed by atoms with Crippen molar-refractivity contribution in [2.45, 2.75) is 38.0 Å². The summed E-state index contributed by atoms with van der Waals surface area (Å²) >= 11 is 0. The van der Waals surface area contributed by atoms with Gasteiger partial charge in [0, 0.05) is 11.5 Å². The lowest BCUT2D eigenvalue weighted by atomic mass is 10.2. The minimum Gasteiger partial charge on any atom is -0.481 e. The minimum absolute atomic E-state index is 0.0642. The Balaban J connectivity index is 1.77. The van der Waals surface area contributed by atoms with Gasteiger partial charge in [-0.15, -0.1) is 5.54 Å². The number of ether oxygens (including phenoxy) is 1. The number of nitrogens with one attached hydrogen (secondary N) is 2. The van der Waals surface area contributed by atoms with Crippen LogP contribution in [0.4, 0.5) is 0 Å². The molecular weight excluding hydrogens is 306 g/mol. The molecule has 6 heteroatoms. The molecule has 0 radical (unpaired) electrons. The number of amides is 1. The number of carbonyl (C=O) groups excluding carboxylic acids is 1. The summed E-state index contributed by atoms with van der Waals surface area (Å²) in [6.07, 6.45) is 2.02. The van der Waals surface area contributed by atoms with Gasteiger partial charge in [-0.2, -0.15) is 4.98 Å². The van der Waals surface area contributed by atoms with Gasteiger partial charge in [-0.25, -0.2) is 0 Å². The number of fused-ring (bicyclic) bond motifs is 1. The molecule has 1 atom stereocenters. The number of aromatic nitrogens is 2. The highest BCUT2D eigenvalue weighted by atomic mass is 28.3. The zero-order valence-corrected chi connectivity index (χ0v) is 14.7. The molecule has 0 fully saturated rings. The molecule has 3 heterocycles. The van der Waals surface area contributed by atoms with E-state index in [9.17, 15) is 4.79 Å². The molecule has 0 unspecified atom stereocenters. The minimum atomic E-state index is -1.39. The van der Waals surface area contributed by atoms with E-state index in [1.807, 2.05) is 6.07 Å². The molecule has 2 aromatic rings. The summed E-state index contributed by atoms with van der Waals surface area (Å²) < 4.78 is 5.10. The molecule has 2 aromatic heterocycles. The van der Waals surface area contributed by atoms with Crippen LogP contribution in [0.3, 0.4) is 0 Å². The second-order valence-corrected chi connectivity index (χ2v) is 11.1. The first kappa shape index (κ1) is 15.6. The highest BCUT2D eigenvalue weighted by Gasteiger charge is 2.22. The zero-order chi connectivity index (χ0) is 16.4. The van der Waals surface area contributed by atoms with Crippen molar-refractivity contribution in [2.75, 3.05) is 7.11 Å². The molecule has 1 aliphatic rings. The molecule has 2 N–H and O–H groups in total. The SMILES string of the molecule is COc1ccc2cc(C(=O)N[C@@H]3C#C[Si](C)(C)CCC3)[nH]c2n1. The molecule has 3 rings (SSSR count). The Labute approximate surface area is 136 Å². The topological polar surface area (TPSA) is 67.0 Å². The maximum Gasteiger partial charge on any atom is 0.268 e. The maximum atomic E-state index is 12.5. The Bertz CT molecular complexity index is 801. The standard InChI is InChI=1S/C17H21N3O2Si/c1-22-15-7-6-12-11-14(19-16(12)20-15)17(21)18-13-5-4-9-23(2,3)10-8-13/h6-7,11,13H,4-5,9H2,1-3H3,(H,18,21)(H,19,20)/t13-/m0/s1. The molecule has 0 bridgehead atoms. The van der Waals surface area contributed by atoms with Crippen LogP contribution in [0, 0.1) is 11.5 Å². The van der Waals surface area contributed by atoms with Crippen molar-refractivity contribution >= 4 is 25.0 Å². The summed E-state index contributed by atoms with van der Waals surface area (Å²) in [5.74, 6) is 3.64. The molecule has 1 aliphatic heterocycles. The van der Waals surface area contributed by atoms with Crippen LogP contribution in [0.25, 0.3) is 11.0 Å². The normalized spacial score (nSPS) is 19.5. The van der Waals surface area contributed by atoms with Gasteiger partial charge in [0.15, 0.2) is 0 Å². The Morgan fingerprint density at radius 3 is 3.09 bits per heavy atom. The first-order chi connectivity index (χ1) is 11.0. The van der Waals surface area contributed by atoms with Crippen molar-refractivity contribution in [1.82, 2.24) is 15.3 Å². The number of hydrogen-bond donors (Lipinski definition) is 2. The van der Waals surface area contributed by atoms with Crippen LogP contribution in [0.15, 0.2) is 18.2 Å². The third-order valence-corrected chi connectivity index (χ3v) is 6.52. The second kappa shape index (κ2) is 6.09. The lowest BCUT2D eigenvalue weighted by Gasteiger charge is -2.12. The maximum absolute atomic E-state index is 12.5. The number of pyridine rings is 1. The van der Waals surface area contributed by atoms with Crippen molar-refractivity contribution in [3.8, 4) is 17.3 Å². The molecule has 0 aromatic carbocycles. The largest absolute Gasteiger partial charge is 0.481 e. The third kappa shape index (κ3) is 3.56. The van der Waals surface area contributed by atoms with Gasteiger partial charge in [0.1, 0.15) is 19.4 Å². The van der Waals surface area contributed by atoms with Gasteiger partial charge >= 0.3 is 0 Å². The van der Waals surface area contributed by atoms with Crippen molar-refractivity contribution in [3.05, 3.63) is 23.9 Å². The molecule has 0 saturated heterocycles. The van der Waals surface area contributed by atoms with Crippen LogP contribution >= 0.6 is 0 Å². The highest BCUT2D eigenvalue weighted by molar-refractivity contribution is 6.85. The molecular formula is C17H21N3O2Si. The van der Waals surface area contributed by atoms with Gasteiger partial charge in [0.2, 0.25) is 5.88 Å². The van der Waals surface area contributed by atoms with Gasteiger partial charge in [0.05, 0.1) is 13.2 Å². The van der Waals surface area contributed by atoms with E-state index >= 15 is 0 Å². The van der Waals surface area contributed by atoms with Crippen LogP contribution in [0.2, 0.25) is 19.1 Å². The summed E-state index contributed by atoms with van der Waals surface area (Å²) in [6.45, 7) is 4.56. The zero-order valence-electron chi connectivity index (χ0n) is 13.7. The highest BCUT2D eigenvalue weighted by Crippen LogP contribution is 2.19. The molecule has 0 spiro atoms. The summed E-state index contributed by atoms with van der Waals surface area (Å²) in [7, 11) is 0.176. The summed E-state index contributed by atoms with van der Waals surface area (Å²) in [6, 6.07) is 6.60. The molecule has 0 saturated carbocycles. The Hall–Kier alpha value is -2.26. The fraction of sp³-hybridized carbons (Fsp3) is 0.412. The predicted octanol–water partition coefficient (Wildman–Crippen LogP) is 2.71. The molecule has 1 amide bonds. The fourth-order valence-corrected chi connectivity index (χ4v) is 4.51. The van der Waals surface area contributed by atoms with Crippen molar-refractivity contribution < 1.29 is 9.53 Å². The van der Waals surface area contributed by atoms with E-state index in [-0.39, 0.29) is 11.9 Å². The quantitative estimate of drug-likeness (QED) is 0.673. The van der Waals surface area contributed by atoms with Crippen molar-refractivity contribution in [2.24, 2.45) is 0 Å². The third-order valence-electron chi connectivity index (χ3n) is 4.09. The molecule has 23 heavy (non-hydrogen) atoms. The van der Waals surface area contributed by atoms with Gasteiger partial charge in [-0.05, 0) is 24.6 Å². The van der Waals surface area contributed by atoms with E-state index in [1.54, 1.807) is 19.2 Å². The molecule has 120 valence electrons. The summed E-state index contributed by atoms with van der Waals surface area (Å²) in [4.78, 5) is 19.8. The summed E-state index contributed by atoms with van der Waals surface area (Å²) in [5.41, 5.74) is 4.56. The Kier molecular flexibility index (Phi) is 4.14. The second-order valence-electron chi connectivity index (χ2n) is 6.55. The lowest BCUT2D eigenvalue weighted by molar-refractivity contribution is 0.0940. The first-order valence-corrected chi connectivity index (χ1v) is 11.0. The number of nitrogens with zero attached hydrogens (tertiary/aromatic N) is 1. The van der Waals surface area contributed by atoms with E-state index in [0.717, 1.165) is 18.2 Å². The van der Waals surface area contributed by atoms with E-state index in [0.29, 0.717) is 17.2 Å². The number of hydrogen-bond acceptors (Lipinski definition) is 3. The van der Waals surface area contributed by atoms with Crippen molar-refractivity contribution in [3.63, 3.8) is 0 Å². The van der Waals surface area contributed by atoms with Gasteiger partial charge < -0.3 is 15.0 Å². The first-order valence-electron chi connectivity index (χ1n) is 7.84. The molecule has 5 nitrogen and oxygen atoms in total. The Morgan fingerprint density at radius 2 is 2.30 bits per heavy atom. The lowest BCUT2D eigenvalue weighted by Crippen LogP contribution is -2.33. The van der Waals surface area contributed by atoms with Crippen LogP contribution in [-0.2, 0) is 0 Å². The van der Waals surface area contributed by atoms with E-state index in [2.05, 4.69) is 39.8 Å². The van der Waals surface area contributed by atoms with E-state index in [4.69, 9.17) is 4.74 Å². The van der Waals surface area contributed by atoms with Crippen LogP contribution in [0.5, 0.6) is 5.88 Å². The van der Waals surface area contributed by atoms with Crippen molar-refractivity contribution in [1.29, 1.82) is 0 Å². The fourth-order valence-electron chi connectivity index (χ4n) is 2.73. The monoisotopic (exact) mass is 327 g/mol. The summed E-state index contributed by atoms with van der Waals surface area (Å²) in [5, 5.41) is 3.91. The molecule has 0 aliphatic carbocycles. The number of carbonyl (C=O) groups is 1. The Morgan fingerprint density at radius 1 is 1.48 bits per heavy atom. The van der Waals surface area contributed by atoms with Gasteiger partial charge in [-0.1, -0.05) is 25.4 Å². The van der Waals surface area contributed by atoms with Crippen LogP contribution < -0.4 is 10.1 Å². The van der Waals surface area contributed by atoms with E-state index < -0.39 is 8.07 Å². The number of rotatable bonds is 3. The van der Waals surface area contributed by atoms with Crippen LogP contribution in [-0.4, -0.2) is 37.1 Å². The van der Waals surface area contributed by atoms with Gasteiger partial charge in [-0.3, -0.25) is 4.79 Å².